The molecular weight excluding hydrogens is 174 g/mol. The van der Waals surface area contributed by atoms with Crippen LogP contribution in [0, 0.1) is 5.92 Å². The van der Waals surface area contributed by atoms with Crippen molar-refractivity contribution in [1.29, 1.82) is 0 Å². The van der Waals surface area contributed by atoms with Crippen molar-refractivity contribution in [1.82, 2.24) is 5.32 Å². The molecule has 1 rings (SSSR count). The van der Waals surface area contributed by atoms with Crippen molar-refractivity contribution < 1.29 is 4.79 Å². The number of Topliss-reactive ketones (excluding diaryl/α,β-unsaturated/α-hetero) is 1. The van der Waals surface area contributed by atoms with Crippen LogP contribution in [0.1, 0.15) is 52.9 Å². The Hall–Kier alpha value is -0.370. The summed E-state index contributed by atoms with van der Waals surface area (Å²) in [5.41, 5.74) is -0.163. The third-order valence-corrected chi connectivity index (χ3v) is 3.61. The van der Waals surface area contributed by atoms with Crippen LogP contribution in [0.4, 0.5) is 0 Å². The van der Waals surface area contributed by atoms with E-state index in [1.807, 2.05) is 0 Å². The molecule has 0 saturated carbocycles. The average Bonchev–Trinajstić information content (AvgIpc) is 2.67. The third-order valence-electron chi connectivity index (χ3n) is 3.61. The average molecular weight is 197 g/mol. The lowest BCUT2D eigenvalue weighted by Gasteiger charge is -2.27. The predicted octanol–water partition coefficient (Wildman–Crippen LogP) is 2.52. The number of nitrogens with one attached hydrogen (secondary N) is 1. The maximum Gasteiger partial charge on any atom is 0.153 e. The van der Waals surface area contributed by atoms with E-state index >= 15 is 0 Å². The van der Waals surface area contributed by atoms with Crippen LogP contribution in [-0.4, -0.2) is 17.9 Å². The first-order chi connectivity index (χ1) is 6.64. The topological polar surface area (TPSA) is 29.1 Å². The van der Waals surface area contributed by atoms with Crippen molar-refractivity contribution in [2.75, 3.05) is 6.54 Å². The van der Waals surface area contributed by atoms with Gasteiger partial charge in [-0.2, -0.15) is 0 Å². The molecule has 0 bridgehead atoms. The molecule has 0 aliphatic carbocycles. The Morgan fingerprint density at radius 2 is 2.21 bits per heavy atom. The first-order valence-electron chi connectivity index (χ1n) is 5.93. The Balaban J connectivity index is 2.56. The van der Waals surface area contributed by atoms with Gasteiger partial charge in [0.15, 0.2) is 5.78 Å². The lowest BCUT2D eigenvalue weighted by Crippen LogP contribution is -2.47. The van der Waals surface area contributed by atoms with Crippen LogP contribution in [-0.2, 0) is 4.79 Å². The van der Waals surface area contributed by atoms with Gasteiger partial charge in [-0.05, 0) is 31.7 Å². The fraction of sp³-hybridized carbons (Fsp3) is 0.917. The number of carbonyl (C=O) groups is 1. The van der Waals surface area contributed by atoms with Gasteiger partial charge in [-0.1, -0.05) is 27.2 Å². The molecule has 1 aliphatic rings. The zero-order chi connectivity index (χ0) is 10.6. The molecule has 0 spiro atoms. The van der Waals surface area contributed by atoms with Crippen LogP contribution in [0.2, 0.25) is 0 Å². The molecule has 1 heterocycles. The number of hydrogen-bond acceptors (Lipinski definition) is 2. The Kier molecular flexibility index (Phi) is 4.11. The van der Waals surface area contributed by atoms with Gasteiger partial charge in [0.25, 0.3) is 0 Å². The summed E-state index contributed by atoms with van der Waals surface area (Å²) in [7, 11) is 0. The first-order valence-corrected chi connectivity index (χ1v) is 5.93. The van der Waals surface area contributed by atoms with E-state index in [1.165, 1.54) is 0 Å². The minimum absolute atomic E-state index is 0.163. The van der Waals surface area contributed by atoms with Gasteiger partial charge >= 0.3 is 0 Å². The van der Waals surface area contributed by atoms with E-state index in [4.69, 9.17) is 0 Å². The highest BCUT2D eigenvalue weighted by atomic mass is 16.1. The minimum atomic E-state index is -0.163. The van der Waals surface area contributed by atoms with Gasteiger partial charge in [-0.3, -0.25) is 4.79 Å². The molecule has 82 valence electrons. The van der Waals surface area contributed by atoms with E-state index in [2.05, 4.69) is 26.1 Å². The zero-order valence-corrected chi connectivity index (χ0v) is 9.73. The van der Waals surface area contributed by atoms with Crippen molar-refractivity contribution in [3.8, 4) is 0 Å². The lowest BCUT2D eigenvalue weighted by atomic mass is 9.84. The van der Waals surface area contributed by atoms with Gasteiger partial charge in [-0.15, -0.1) is 0 Å². The van der Waals surface area contributed by atoms with Gasteiger partial charge in [0.05, 0.1) is 5.54 Å². The minimum Gasteiger partial charge on any atom is -0.305 e. The van der Waals surface area contributed by atoms with Crippen molar-refractivity contribution in [3.63, 3.8) is 0 Å². The standard InChI is InChI=1S/C12H23NO/c1-4-10(3)9-11(14)12(5-2)7-6-8-13-12/h10,13H,4-9H2,1-3H3. The molecule has 0 amide bonds. The second kappa shape index (κ2) is 4.92. The van der Waals surface area contributed by atoms with E-state index in [0.29, 0.717) is 11.7 Å². The molecule has 0 radical (unpaired) electrons. The largest absolute Gasteiger partial charge is 0.305 e. The highest BCUT2D eigenvalue weighted by Gasteiger charge is 2.38. The molecule has 1 fully saturated rings. The van der Waals surface area contributed by atoms with Crippen LogP contribution < -0.4 is 5.32 Å². The van der Waals surface area contributed by atoms with Gasteiger partial charge in [0.2, 0.25) is 0 Å². The van der Waals surface area contributed by atoms with Gasteiger partial charge < -0.3 is 5.32 Å². The summed E-state index contributed by atoms with van der Waals surface area (Å²) >= 11 is 0. The Morgan fingerprint density at radius 3 is 2.64 bits per heavy atom. The van der Waals surface area contributed by atoms with Crippen LogP contribution in [0.3, 0.4) is 0 Å². The molecule has 1 aliphatic heterocycles. The maximum absolute atomic E-state index is 12.1. The van der Waals surface area contributed by atoms with E-state index in [1.54, 1.807) is 0 Å². The Morgan fingerprint density at radius 1 is 1.50 bits per heavy atom. The summed E-state index contributed by atoms with van der Waals surface area (Å²) in [5.74, 6) is 0.972. The quantitative estimate of drug-likeness (QED) is 0.733. The van der Waals surface area contributed by atoms with Crippen molar-refractivity contribution >= 4 is 5.78 Å². The van der Waals surface area contributed by atoms with Crippen molar-refractivity contribution in [3.05, 3.63) is 0 Å². The summed E-state index contributed by atoms with van der Waals surface area (Å²) in [6.45, 7) is 7.45. The van der Waals surface area contributed by atoms with Gasteiger partial charge in [0, 0.05) is 6.42 Å². The van der Waals surface area contributed by atoms with E-state index in [0.717, 1.165) is 38.6 Å². The van der Waals surface area contributed by atoms with Crippen molar-refractivity contribution in [2.24, 2.45) is 5.92 Å². The molecular formula is C12H23NO. The maximum atomic E-state index is 12.1. The number of rotatable bonds is 5. The summed E-state index contributed by atoms with van der Waals surface area (Å²) in [5, 5.41) is 3.40. The number of hydrogen-bond donors (Lipinski definition) is 1. The molecule has 2 heteroatoms. The summed E-state index contributed by atoms with van der Waals surface area (Å²) in [4.78, 5) is 12.1. The second-order valence-corrected chi connectivity index (χ2v) is 4.61. The molecule has 0 aromatic heterocycles. The Bertz CT molecular complexity index is 194. The molecule has 2 unspecified atom stereocenters. The van der Waals surface area contributed by atoms with E-state index in [-0.39, 0.29) is 5.54 Å². The monoisotopic (exact) mass is 197 g/mol. The van der Waals surface area contributed by atoms with Crippen LogP contribution in [0.5, 0.6) is 0 Å². The zero-order valence-electron chi connectivity index (χ0n) is 9.73. The molecule has 0 aromatic carbocycles. The molecule has 2 atom stereocenters. The van der Waals surface area contributed by atoms with E-state index < -0.39 is 0 Å². The van der Waals surface area contributed by atoms with E-state index in [9.17, 15) is 4.79 Å². The molecule has 0 aromatic rings. The summed E-state index contributed by atoms with van der Waals surface area (Å²) in [6.07, 6.45) is 4.99. The summed E-state index contributed by atoms with van der Waals surface area (Å²) < 4.78 is 0. The SMILES string of the molecule is CCC(C)CC(=O)C1(CC)CCCN1. The third kappa shape index (κ3) is 2.35. The first kappa shape index (κ1) is 11.7. The highest BCUT2D eigenvalue weighted by Crippen LogP contribution is 2.27. The van der Waals surface area contributed by atoms with Crippen molar-refractivity contribution in [2.45, 2.75) is 58.4 Å². The van der Waals surface area contributed by atoms with Crippen LogP contribution in [0.15, 0.2) is 0 Å². The van der Waals surface area contributed by atoms with Gasteiger partial charge in [0.1, 0.15) is 0 Å². The predicted molar refractivity (Wildman–Crippen MR) is 59.3 cm³/mol. The normalized spacial score (nSPS) is 29.1. The fourth-order valence-electron chi connectivity index (χ4n) is 2.20. The second-order valence-electron chi connectivity index (χ2n) is 4.61. The highest BCUT2D eigenvalue weighted by molar-refractivity contribution is 5.88. The smallest absolute Gasteiger partial charge is 0.153 e. The number of carbonyl (C=O) groups excluding carboxylic acids is 1. The molecule has 14 heavy (non-hydrogen) atoms. The van der Waals surface area contributed by atoms with Gasteiger partial charge in [-0.25, -0.2) is 0 Å². The molecule has 2 nitrogen and oxygen atoms in total. The fourth-order valence-corrected chi connectivity index (χ4v) is 2.20. The van der Waals surface area contributed by atoms with Crippen LogP contribution >= 0.6 is 0 Å². The number of ketones is 1. The lowest BCUT2D eigenvalue weighted by molar-refractivity contribution is -0.126. The molecule has 1 saturated heterocycles. The van der Waals surface area contributed by atoms with Crippen LogP contribution in [0.25, 0.3) is 0 Å². The Labute approximate surface area is 87.5 Å². The summed E-state index contributed by atoms with van der Waals surface area (Å²) in [6, 6.07) is 0. The molecule has 1 N–H and O–H groups in total.